The van der Waals surface area contributed by atoms with E-state index >= 15 is 0 Å². The Hall–Kier alpha value is -1.97. The third-order valence-corrected chi connectivity index (χ3v) is 4.33. The Labute approximate surface area is 118 Å². The topological polar surface area (TPSA) is 54.3 Å². The van der Waals surface area contributed by atoms with Gasteiger partial charge in [0.05, 0.1) is 17.1 Å². The summed E-state index contributed by atoms with van der Waals surface area (Å²) in [6.07, 6.45) is 5.47. The number of aryl methyl sites for hydroxylation is 1. The number of fused-ring (bicyclic) bond motifs is 1. The zero-order chi connectivity index (χ0) is 14.1. The average Bonchev–Trinajstić information content (AvgIpc) is 2.82. The summed E-state index contributed by atoms with van der Waals surface area (Å²) >= 11 is 0. The van der Waals surface area contributed by atoms with Crippen molar-refractivity contribution in [2.45, 2.75) is 31.7 Å². The number of carbonyl (C=O) groups is 1. The van der Waals surface area contributed by atoms with Crippen LogP contribution in [0.5, 0.6) is 0 Å². The molecule has 0 radical (unpaired) electrons. The number of hydrogen-bond acceptors (Lipinski definition) is 2. The number of carboxylic acid groups (broad SMARTS) is 1. The maximum atomic E-state index is 11.0. The lowest BCUT2D eigenvalue weighted by Gasteiger charge is -2.28. The highest BCUT2D eigenvalue weighted by Crippen LogP contribution is 2.30. The summed E-state index contributed by atoms with van der Waals surface area (Å²) in [5.41, 5.74) is 2.36. The summed E-state index contributed by atoms with van der Waals surface area (Å²) in [6, 6.07) is 8.77. The number of para-hydroxylation sites is 1. The molecule has 0 spiro atoms. The molecule has 4 heteroatoms. The van der Waals surface area contributed by atoms with Gasteiger partial charge in [-0.2, -0.15) is 0 Å². The molecule has 3 rings (SSSR count). The monoisotopic (exact) mass is 272 g/mol. The second kappa shape index (κ2) is 5.19. The predicted octanol–water partition coefficient (Wildman–Crippen LogP) is 3.23. The second-order valence-corrected chi connectivity index (χ2v) is 5.70. The molecular formula is C16H20N2O2. The normalized spacial score (nSPS) is 22.9. The first-order valence-electron chi connectivity index (χ1n) is 7.18. The van der Waals surface area contributed by atoms with E-state index in [-0.39, 0.29) is 5.92 Å². The minimum absolute atomic E-state index is 0.154. The van der Waals surface area contributed by atoms with E-state index in [9.17, 15) is 4.79 Å². The smallest absolute Gasteiger partial charge is 0.306 e. The molecule has 0 bridgehead atoms. The van der Waals surface area contributed by atoms with Gasteiger partial charge in [0.2, 0.25) is 0 Å². The number of aliphatic carboxylic acids is 1. The Morgan fingerprint density at radius 2 is 2.00 bits per heavy atom. The lowest BCUT2D eigenvalue weighted by atomic mass is 9.86. The van der Waals surface area contributed by atoms with E-state index in [1.165, 1.54) is 10.9 Å². The van der Waals surface area contributed by atoms with Crippen LogP contribution in [0.1, 0.15) is 25.7 Å². The van der Waals surface area contributed by atoms with Gasteiger partial charge in [-0.05, 0) is 37.8 Å². The van der Waals surface area contributed by atoms with E-state index in [0.29, 0.717) is 6.04 Å². The average molecular weight is 272 g/mol. The van der Waals surface area contributed by atoms with Crippen molar-refractivity contribution in [3.05, 3.63) is 30.5 Å². The maximum Gasteiger partial charge on any atom is 0.306 e. The lowest BCUT2D eigenvalue weighted by Crippen LogP contribution is -2.29. The van der Waals surface area contributed by atoms with Gasteiger partial charge in [0.1, 0.15) is 0 Å². The van der Waals surface area contributed by atoms with Crippen LogP contribution in [0.3, 0.4) is 0 Å². The minimum atomic E-state index is -0.645. The molecule has 1 heterocycles. The van der Waals surface area contributed by atoms with Gasteiger partial charge in [-0.1, -0.05) is 12.1 Å². The van der Waals surface area contributed by atoms with Crippen molar-refractivity contribution in [3.8, 4) is 0 Å². The van der Waals surface area contributed by atoms with Crippen molar-refractivity contribution >= 4 is 22.6 Å². The van der Waals surface area contributed by atoms with Crippen molar-refractivity contribution in [1.82, 2.24) is 4.57 Å². The van der Waals surface area contributed by atoms with Crippen LogP contribution in [0.2, 0.25) is 0 Å². The Morgan fingerprint density at radius 1 is 1.25 bits per heavy atom. The van der Waals surface area contributed by atoms with E-state index < -0.39 is 5.97 Å². The third-order valence-electron chi connectivity index (χ3n) is 4.33. The van der Waals surface area contributed by atoms with Crippen LogP contribution in [0.25, 0.3) is 10.9 Å². The number of benzene rings is 1. The molecule has 1 aliphatic rings. The number of anilines is 1. The molecule has 2 N–H and O–H groups in total. The van der Waals surface area contributed by atoms with Crippen molar-refractivity contribution in [2.75, 3.05) is 5.32 Å². The molecule has 1 aromatic carbocycles. The molecule has 20 heavy (non-hydrogen) atoms. The fourth-order valence-electron chi connectivity index (χ4n) is 3.18. The predicted molar refractivity (Wildman–Crippen MR) is 79.9 cm³/mol. The molecule has 1 aromatic heterocycles. The highest BCUT2D eigenvalue weighted by atomic mass is 16.4. The zero-order valence-corrected chi connectivity index (χ0v) is 11.7. The molecule has 1 saturated carbocycles. The fraction of sp³-hybridized carbons (Fsp3) is 0.438. The number of nitrogens with zero attached hydrogens (tertiary/aromatic N) is 1. The van der Waals surface area contributed by atoms with E-state index in [4.69, 9.17) is 5.11 Å². The van der Waals surface area contributed by atoms with E-state index in [2.05, 4.69) is 47.4 Å². The van der Waals surface area contributed by atoms with Crippen molar-refractivity contribution in [3.63, 3.8) is 0 Å². The fourth-order valence-corrected chi connectivity index (χ4v) is 3.18. The zero-order valence-electron chi connectivity index (χ0n) is 11.7. The number of hydrogen-bond donors (Lipinski definition) is 2. The quantitative estimate of drug-likeness (QED) is 0.902. The van der Waals surface area contributed by atoms with E-state index in [1.54, 1.807) is 0 Å². The third kappa shape index (κ3) is 2.38. The highest BCUT2D eigenvalue weighted by Gasteiger charge is 2.26. The van der Waals surface area contributed by atoms with Crippen LogP contribution in [0.4, 0.5) is 5.69 Å². The van der Waals surface area contributed by atoms with Crippen molar-refractivity contribution in [1.29, 1.82) is 0 Å². The lowest BCUT2D eigenvalue weighted by molar-refractivity contribution is -0.142. The van der Waals surface area contributed by atoms with Gasteiger partial charge in [0.15, 0.2) is 0 Å². The van der Waals surface area contributed by atoms with Crippen LogP contribution in [0.15, 0.2) is 30.5 Å². The largest absolute Gasteiger partial charge is 0.481 e. The van der Waals surface area contributed by atoms with Gasteiger partial charge in [-0.3, -0.25) is 4.79 Å². The summed E-state index contributed by atoms with van der Waals surface area (Å²) in [5, 5.41) is 13.9. The summed E-state index contributed by atoms with van der Waals surface area (Å²) in [5.74, 6) is -0.799. The first-order valence-corrected chi connectivity index (χ1v) is 7.18. The van der Waals surface area contributed by atoms with Crippen LogP contribution in [-0.2, 0) is 11.8 Å². The number of nitrogens with one attached hydrogen (secondary N) is 1. The molecular weight excluding hydrogens is 252 g/mol. The van der Waals surface area contributed by atoms with Crippen molar-refractivity contribution < 1.29 is 9.90 Å². The summed E-state index contributed by atoms with van der Waals surface area (Å²) in [7, 11) is 2.05. The number of aromatic nitrogens is 1. The summed E-state index contributed by atoms with van der Waals surface area (Å²) in [4.78, 5) is 11.0. The minimum Gasteiger partial charge on any atom is -0.481 e. The molecule has 0 aliphatic heterocycles. The number of carboxylic acids is 1. The van der Waals surface area contributed by atoms with Gasteiger partial charge in [-0.25, -0.2) is 0 Å². The molecule has 1 aliphatic carbocycles. The molecule has 0 amide bonds. The van der Waals surface area contributed by atoms with Crippen LogP contribution in [-0.4, -0.2) is 21.7 Å². The molecule has 0 saturated heterocycles. The van der Waals surface area contributed by atoms with Gasteiger partial charge < -0.3 is 15.0 Å². The standard InChI is InChI=1S/C16H20N2O2/c1-18-10-9-11-3-2-4-14(15(11)18)17-13-7-5-12(6-8-13)16(19)20/h2-4,9-10,12-13,17H,5-8H2,1H3,(H,19,20). The summed E-state index contributed by atoms with van der Waals surface area (Å²) < 4.78 is 2.13. The Kier molecular flexibility index (Phi) is 3.38. The Balaban J connectivity index is 1.74. The Morgan fingerprint density at radius 3 is 2.70 bits per heavy atom. The SMILES string of the molecule is Cn1ccc2cccc(NC3CCC(C(=O)O)CC3)c21. The van der Waals surface area contributed by atoms with Gasteiger partial charge in [0, 0.05) is 24.7 Å². The molecule has 0 unspecified atom stereocenters. The molecule has 1 fully saturated rings. The van der Waals surface area contributed by atoms with Gasteiger partial charge in [0.25, 0.3) is 0 Å². The van der Waals surface area contributed by atoms with E-state index in [0.717, 1.165) is 31.4 Å². The molecule has 106 valence electrons. The highest BCUT2D eigenvalue weighted by molar-refractivity contribution is 5.91. The van der Waals surface area contributed by atoms with Crippen LogP contribution in [0, 0.1) is 5.92 Å². The first kappa shape index (κ1) is 13.0. The number of rotatable bonds is 3. The Bertz CT molecular complexity index is 624. The van der Waals surface area contributed by atoms with Crippen LogP contribution < -0.4 is 5.32 Å². The maximum absolute atomic E-state index is 11.0. The van der Waals surface area contributed by atoms with Gasteiger partial charge in [-0.15, -0.1) is 0 Å². The second-order valence-electron chi connectivity index (χ2n) is 5.70. The van der Waals surface area contributed by atoms with Gasteiger partial charge >= 0.3 is 5.97 Å². The molecule has 2 aromatic rings. The van der Waals surface area contributed by atoms with E-state index in [1.807, 2.05) is 0 Å². The molecule has 0 atom stereocenters. The van der Waals surface area contributed by atoms with Crippen LogP contribution >= 0.6 is 0 Å². The summed E-state index contributed by atoms with van der Waals surface area (Å²) in [6.45, 7) is 0. The van der Waals surface area contributed by atoms with Crippen molar-refractivity contribution in [2.24, 2.45) is 13.0 Å². The first-order chi connectivity index (χ1) is 9.65. The molecule has 4 nitrogen and oxygen atoms in total.